The zero-order valence-corrected chi connectivity index (χ0v) is 5.33. The molecule has 0 aromatic carbocycles. The fourth-order valence-electron chi connectivity index (χ4n) is 2.23. The van der Waals surface area contributed by atoms with Crippen LogP contribution in [0.1, 0.15) is 19.3 Å². The van der Waals surface area contributed by atoms with Gasteiger partial charge in [-0.15, -0.1) is 0 Å². The maximum Gasteiger partial charge on any atom is 0.0830 e. The van der Waals surface area contributed by atoms with Gasteiger partial charge in [0.2, 0.25) is 0 Å². The van der Waals surface area contributed by atoms with Crippen molar-refractivity contribution in [2.45, 2.75) is 31.5 Å². The Morgan fingerprint density at radius 1 is 0.889 bits per heavy atom. The number of aliphatic hydroxyl groups is 2. The zero-order chi connectivity index (χ0) is 6.43. The quantitative estimate of drug-likeness (QED) is 0.487. The minimum Gasteiger partial charge on any atom is -0.390 e. The van der Waals surface area contributed by atoms with Crippen LogP contribution >= 0.6 is 0 Å². The van der Waals surface area contributed by atoms with Crippen LogP contribution in [0.15, 0.2) is 0 Å². The van der Waals surface area contributed by atoms with Gasteiger partial charge in [-0.2, -0.15) is 0 Å². The van der Waals surface area contributed by atoms with Gasteiger partial charge in [-0.05, 0) is 31.1 Å². The van der Waals surface area contributed by atoms with E-state index in [0.29, 0.717) is 11.8 Å². The topological polar surface area (TPSA) is 40.5 Å². The van der Waals surface area contributed by atoms with Crippen LogP contribution in [-0.2, 0) is 0 Å². The van der Waals surface area contributed by atoms with Gasteiger partial charge in [0, 0.05) is 0 Å². The molecule has 2 bridgehead atoms. The molecule has 0 aliphatic heterocycles. The molecule has 0 unspecified atom stereocenters. The van der Waals surface area contributed by atoms with Gasteiger partial charge in [0.05, 0.1) is 12.2 Å². The van der Waals surface area contributed by atoms with Crippen LogP contribution in [0.5, 0.6) is 0 Å². The highest BCUT2D eigenvalue weighted by Crippen LogP contribution is 2.44. The van der Waals surface area contributed by atoms with Crippen molar-refractivity contribution in [2.24, 2.45) is 11.8 Å². The molecule has 2 rings (SSSR count). The zero-order valence-electron chi connectivity index (χ0n) is 5.33. The van der Waals surface area contributed by atoms with E-state index in [1.165, 1.54) is 0 Å². The highest BCUT2D eigenvalue weighted by Gasteiger charge is 2.45. The van der Waals surface area contributed by atoms with Crippen LogP contribution in [0.2, 0.25) is 0 Å². The molecule has 0 aromatic heterocycles. The van der Waals surface area contributed by atoms with E-state index in [0.717, 1.165) is 19.3 Å². The molecule has 9 heavy (non-hydrogen) atoms. The van der Waals surface area contributed by atoms with Gasteiger partial charge in [0.25, 0.3) is 0 Å². The first-order valence-corrected chi connectivity index (χ1v) is 3.65. The fraction of sp³-hybridized carbons (Fsp3) is 1.00. The van der Waals surface area contributed by atoms with E-state index in [-0.39, 0.29) is 0 Å². The molecule has 2 heteroatoms. The molecule has 0 amide bonds. The lowest BCUT2D eigenvalue weighted by Crippen LogP contribution is -2.31. The normalized spacial score (nSPS) is 56.7. The van der Waals surface area contributed by atoms with Crippen molar-refractivity contribution in [1.82, 2.24) is 0 Å². The lowest BCUT2D eigenvalue weighted by molar-refractivity contribution is -0.0160. The molecule has 0 radical (unpaired) electrons. The van der Waals surface area contributed by atoms with Gasteiger partial charge in [-0.25, -0.2) is 0 Å². The second-order valence-corrected chi connectivity index (χ2v) is 3.31. The van der Waals surface area contributed by atoms with E-state index in [1.54, 1.807) is 0 Å². The maximum absolute atomic E-state index is 9.24. The fourth-order valence-corrected chi connectivity index (χ4v) is 2.23. The van der Waals surface area contributed by atoms with Crippen molar-refractivity contribution in [3.63, 3.8) is 0 Å². The van der Waals surface area contributed by atoms with Gasteiger partial charge in [-0.1, -0.05) is 0 Å². The number of fused-ring (bicyclic) bond motifs is 2. The summed E-state index contributed by atoms with van der Waals surface area (Å²) in [5.41, 5.74) is 0. The van der Waals surface area contributed by atoms with Gasteiger partial charge in [0.1, 0.15) is 0 Å². The van der Waals surface area contributed by atoms with Gasteiger partial charge in [0.15, 0.2) is 0 Å². The second-order valence-electron chi connectivity index (χ2n) is 3.31. The predicted molar refractivity (Wildman–Crippen MR) is 32.8 cm³/mol. The van der Waals surface area contributed by atoms with Gasteiger partial charge >= 0.3 is 0 Å². The Hall–Kier alpha value is -0.0800. The smallest absolute Gasteiger partial charge is 0.0830 e. The molecule has 52 valence electrons. The van der Waals surface area contributed by atoms with Crippen LogP contribution in [0.25, 0.3) is 0 Å². The molecule has 0 aromatic rings. The van der Waals surface area contributed by atoms with Gasteiger partial charge < -0.3 is 10.2 Å². The molecule has 2 aliphatic rings. The van der Waals surface area contributed by atoms with Gasteiger partial charge in [-0.3, -0.25) is 0 Å². The maximum atomic E-state index is 9.24. The van der Waals surface area contributed by atoms with Crippen LogP contribution in [0.3, 0.4) is 0 Å². The lowest BCUT2D eigenvalue weighted by Gasteiger charge is -2.21. The van der Waals surface area contributed by atoms with Crippen molar-refractivity contribution in [1.29, 1.82) is 0 Å². The summed E-state index contributed by atoms with van der Waals surface area (Å²) in [6.07, 6.45) is 2.51. The molecule has 2 N–H and O–H groups in total. The Morgan fingerprint density at radius 3 is 1.56 bits per heavy atom. The first-order chi connectivity index (χ1) is 4.29. The van der Waals surface area contributed by atoms with Crippen molar-refractivity contribution in [3.05, 3.63) is 0 Å². The highest BCUT2D eigenvalue weighted by molar-refractivity contribution is 4.96. The first kappa shape index (κ1) is 5.69. The predicted octanol–water partition coefficient (Wildman–Crippen LogP) is 0.138. The third kappa shape index (κ3) is 0.634. The monoisotopic (exact) mass is 128 g/mol. The molecule has 2 fully saturated rings. The highest BCUT2D eigenvalue weighted by atomic mass is 16.3. The SMILES string of the molecule is O[C@@H]1[C@H]2CC[C@@H](C2)[C@H]1O. The number of rotatable bonds is 0. The molecule has 0 heterocycles. The van der Waals surface area contributed by atoms with Crippen molar-refractivity contribution in [2.75, 3.05) is 0 Å². The summed E-state index contributed by atoms with van der Waals surface area (Å²) in [5.74, 6) is 0.843. The van der Waals surface area contributed by atoms with Crippen molar-refractivity contribution < 1.29 is 10.2 Å². The second kappa shape index (κ2) is 1.70. The molecule has 2 nitrogen and oxygen atoms in total. The van der Waals surface area contributed by atoms with Crippen molar-refractivity contribution >= 4 is 0 Å². The Kier molecular flexibility index (Phi) is 1.08. The molecule has 4 atom stereocenters. The first-order valence-electron chi connectivity index (χ1n) is 3.65. The summed E-state index contributed by atoms with van der Waals surface area (Å²) >= 11 is 0. The molecule has 0 saturated heterocycles. The van der Waals surface area contributed by atoms with E-state index < -0.39 is 12.2 Å². The third-order valence-corrected chi connectivity index (χ3v) is 2.83. The minimum atomic E-state index is -0.399. The molecule has 2 saturated carbocycles. The largest absolute Gasteiger partial charge is 0.390 e. The van der Waals surface area contributed by atoms with Crippen LogP contribution < -0.4 is 0 Å². The van der Waals surface area contributed by atoms with Crippen LogP contribution in [-0.4, -0.2) is 22.4 Å². The Balaban J connectivity index is 2.15. The summed E-state index contributed by atoms with van der Waals surface area (Å²) in [6.45, 7) is 0. The summed E-state index contributed by atoms with van der Waals surface area (Å²) in [6, 6.07) is 0. The summed E-state index contributed by atoms with van der Waals surface area (Å²) in [5, 5.41) is 18.5. The van der Waals surface area contributed by atoms with E-state index in [9.17, 15) is 10.2 Å². The number of hydrogen-bond donors (Lipinski definition) is 2. The third-order valence-electron chi connectivity index (χ3n) is 2.83. The molecule has 2 aliphatic carbocycles. The van der Waals surface area contributed by atoms with Crippen molar-refractivity contribution in [3.8, 4) is 0 Å². The average Bonchev–Trinajstić information content (AvgIpc) is 2.37. The molecular formula is C7H12O2. The van der Waals surface area contributed by atoms with Crippen LogP contribution in [0.4, 0.5) is 0 Å². The Morgan fingerprint density at radius 2 is 1.33 bits per heavy atom. The molecule has 0 spiro atoms. The Labute approximate surface area is 54.5 Å². The van der Waals surface area contributed by atoms with E-state index in [1.807, 2.05) is 0 Å². The van der Waals surface area contributed by atoms with Crippen LogP contribution in [0, 0.1) is 11.8 Å². The Bertz CT molecular complexity index is 106. The number of hydrogen-bond acceptors (Lipinski definition) is 2. The summed E-state index contributed by atoms with van der Waals surface area (Å²) in [7, 11) is 0. The molecular weight excluding hydrogens is 116 g/mol. The summed E-state index contributed by atoms with van der Waals surface area (Å²) in [4.78, 5) is 0. The van der Waals surface area contributed by atoms with E-state index in [2.05, 4.69) is 0 Å². The minimum absolute atomic E-state index is 0.399. The number of aliphatic hydroxyl groups excluding tert-OH is 2. The average molecular weight is 128 g/mol. The summed E-state index contributed by atoms with van der Waals surface area (Å²) < 4.78 is 0. The van der Waals surface area contributed by atoms with E-state index in [4.69, 9.17) is 0 Å². The van der Waals surface area contributed by atoms with E-state index >= 15 is 0 Å². The lowest BCUT2D eigenvalue weighted by atomic mass is 9.95. The standard InChI is InChI=1S/C7H12O2/c8-6-4-1-2-5(3-4)7(6)9/h4-9H,1-3H2/t4-,5-,6+,7+/m0/s1.